The molecule has 32 heteroatoms. The first-order chi connectivity index (χ1) is 29.5. The summed E-state index contributed by atoms with van der Waals surface area (Å²) in [5.41, 5.74) is 4.84. The van der Waals surface area contributed by atoms with Gasteiger partial charge in [0, 0.05) is 122 Å². The zero-order valence-corrected chi connectivity index (χ0v) is 41.8. The van der Waals surface area contributed by atoms with Crippen LogP contribution < -0.4 is 11.1 Å². The SMILES string of the molecule is CSC(=N)N.O=C(ON1C(=O)CCC1=O)ON1C(=O)CCC1=O.[C-]#[N+]CCO.[C-]#[N+]CCOC(=O)NC(=NC(=O)OCCC#N)SC.[C-]#[N+]CCOC(=O)ON1C(=O)CCC1=O.[Ce].[Ce]. The smallest absolute Gasteiger partial charge is 0.447 e. The van der Waals surface area contributed by atoms with E-state index in [2.05, 4.69) is 53.6 Å². The van der Waals surface area contributed by atoms with Crippen molar-refractivity contribution in [1.29, 1.82) is 10.7 Å². The molecule has 0 aromatic rings. The number of hydrogen-bond donors (Lipinski definition) is 4. The summed E-state index contributed by atoms with van der Waals surface area (Å²) >= 11 is 2.26. The van der Waals surface area contributed by atoms with Crippen molar-refractivity contribution >= 4 is 93.8 Å². The van der Waals surface area contributed by atoms with Gasteiger partial charge in [0.15, 0.2) is 23.5 Å². The molecule has 8 amide bonds. The quantitative estimate of drug-likeness (QED) is 0.0449. The van der Waals surface area contributed by atoms with Crippen LogP contribution in [0.3, 0.4) is 0 Å². The molecule has 0 unspecified atom stereocenters. The second-order valence-electron chi connectivity index (χ2n) is 10.2. The molecule has 3 aliphatic rings. The number of hydrogen-bond acceptors (Lipinski definition) is 21. The fraction of sp³-hybridized carbons (Fsp3) is 0.500. The van der Waals surface area contributed by atoms with Crippen molar-refractivity contribution in [1.82, 2.24) is 20.5 Å². The third kappa shape index (κ3) is 32.0. The van der Waals surface area contributed by atoms with Gasteiger partial charge in [-0.15, -0.1) is 0 Å². The van der Waals surface area contributed by atoms with Crippen molar-refractivity contribution in [2.75, 3.05) is 58.6 Å². The monoisotopic (exact) mass is 1190 g/mol. The first-order valence-corrected chi connectivity index (χ1v) is 19.3. The average Bonchev–Trinajstić information content (AvgIpc) is 3.85. The molecule has 0 saturated carbocycles. The number of ether oxygens (including phenoxy) is 3. The van der Waals surface area contributed by atoms with Gasteiger partial charge in [0.05, 0.1) is 12.5 Å². The molecule has 0 spiro atoms. The number of hydroxylamine groups is 6. The van der Waals surface area contributed by atoms with Crippen LogP contribution in [0.5, 0.6) is 0 Å². The van der Waals surface area contributed by atoms with Gasteiger partial charge in [0.25, 0.3) is 35.4 Å². The van der Waals surface area contributed by atoms with Crippen LogP contribution in [-0.4, -0.2) is 149 Å². The van der Waals surface area contributed by atoms with Crippen LogP contribution in [-0.2, 0) is 57.5 Å². The van der Waals surface area contributed by atoms with E-state index in [0.29, 0.717) is 5.06 Å². The van der Waals surface area contributed by atoms with Crippen LogP contribution in [0.4, 0.5) is 19.2 Å². The molecule has 28 nitrogen and oxygen atoms in total. The summed E-state index contributed by atoms with van der Waals surface area (Å²) < 4.78 is 13.7. The Hall–Kier alpha value is -4.79. The fourth-order valence-corrected chi connectivity index (χ4v) is 3.55. The minimum atomic E-state index is -1.48. The number of aliphatic hydroxyl groups is 1. The number of aliphatic hydroxyl groups excluding tert-OH is 1. The number of nitrogens with zero attached hydrogens (tertiary/aromatic N) is 8. The van der Waals surface area contributed by atoms with E-state index in [1.165, 1.54) is 11.8 Å². The number of nitriles is 1. The largest absolute Gasteiger partial charge is 0.560 e. The van der Waals surface area contributed by atoms with Gasteiger partial charge in [-0.05, 0) is 12.5 Å². The molecule has 0 aromatic heterocycles. The van der Waals surface area contributed by atoms with Crippen molar-refractivity contribution in [3.8, 4) is 6.07 Å². The zero-order chi connectivity index (χ0) is 47.5. The summed E-state index contributed by atoms with van der Waals surface area (Å²) in [5.74, 6) is -3.87. The van der Waals surface area contributed by atoms with E-state index < -0.39 is 59.9 Å². The minimum Gasteiger partial charge on any atom is -0.447 e. The molecule has 0 aliphatic carbocycles. The van der Waals surface area contributed by atoms with Crippen molar-refractivity contribution in [3.05, 3.63) is 34.3 Å². The van der Waals surface area contributed by atoms with Crippen LogP contribution in [0, 0.1) is 120 Å². The normalized spacial score (nSPS) is 13.1. The van der Waals surface area contributed by atoms with E-state index >= 15 is 0 Å². The number of nitrogens with two attached hydrogens (primary N) is 1. The molecule has 344 valence electrons. The molecule has 0 atom stereocenters. The van der Waals surface area contributed by atoms with Gasteiger partial charge in [-0.25, -0.2) is 34.1 Å². The molecule has 3 fully saturated rings. The van der Waals surface area contributed by atoms with Crippen LogP contribution in [0.25, 0.3) is 14.5 Å². The zero-order valence-electron chi connectivity index (χ0n) is 33.9. The second-order valence-corrected chi connectivity index (χ2v) is 11.9. The van der Waals surface area contributed by atoms with E-state index in [4.69, 9.17) is 41.2 Å². The molecule has 64 heavy (non-hydrogen) atoms. The van der Waals surface area contributed by atoms with Gasteiger partial charge < -0.3 is 39.6 Å². The summed E-state index contributed by atoms with van der Waals surface area (Å²) in [4.78, 5) is 136. The van der Waals surface area contributed by atoms with Crippen molar-refractivity contribution in [2.45, 2.75) is 44.9 Å². The number of alkyl carbamates (subject to hydrolysis) is 1. The Kier molecular flexibility index (Phi) is 42.1. The number of carbonyl (C=O) groups excluding carboxylic acids is 10. The Morgan fingerprint density at radius 1 is 0.719 bits per heavy atom. The van der Waals surface area contributed by atoms with Crippen LogP contribution >= 0.6 is 23.5 Å². The molecule has 3 heterocycles. The molecule has 3 rings (SSSR count). The van der Waals surface area contributed by atoms with E-state index in [9.17, 15) is 47.9 Å². The molecular formula is C32H39Ce2N11O17S2. The van der Waals surface area contributed by atoms with Gasteiger partial charge in [0.1, 0.15) is 13.2 Å². The Balaban J connectivity index is -0.000000376. The van der Waals surface area contributed by atoms with Crippen LogP contribution in [0.1, 0.15) is 44.9 Å². The van der Waals surface area contributed by atoms with E-state index in [-0.39, 0.29) is 195 Å². The summed E-state index contributed by atoms with van der Waals surface area (Å²) in [6.45, 7) is 19.1. The summed E-state index contributed by atoms with van der Waals surface area (Å²) in [6, 6.07) is 1.81. The van der Waals surface area contributed by atoms with Crippen molar-refractivity contribution < 1.29 is 165 Å². The number of imide groups is 3. The second kappa shape index (κ2) is 41.0. The molecule has 3 aliphatic heterocycles. The molecule has 0 bridgehead atoms. The predicted molar refractivity (Wildman–Crippen MR) is 207 cm³/mol. The van der Waals surface area contributed by atoms with Gasteiger partial charge in [-0.2, -0.15) is 15.0 Å². The molecule has 3 saturated heterocycles. The number of amides is 8. The van der Waals surface area contributed by atoms with E-state index in [0.717, 1.165) is 11.8 Å². The molecule has 5 N–H and O–H groups in total. The third-order valence-corrected chi connectivity index (χ3v) is 6.86. The van der Waals surface area contributed by atoms with Crippen LogP contribution in [0.15, 0.2) is 4.99 Å². The number of aliphatic imine (C=N–C) groups is 1. The topological polar surface area (TPSA) is 367 Å². The standard InChI is InChI=1S/C10H12N4O4S.C9H8N2O7.C8H8N2O5.C3H5NO.C2H6N2S.2Ce/c1-12-5-7-18-10(16)14-8(19-2)13-9(15)17-6-3-4-11;12-5-1-2-6(13)10(5)17-9(16)18-11-7(14)3-4-8(11)15;1-9-4-5-14-8(13)15-10-6(11)2-3-7(10)12;1-4-2-3-5;1-5-2(3)4;;/h3,5-7H2,2H3,(H,13,14,15,16);1-4H2;2-5H2;5H,2-3H2;1H3,(H3,3,4);;. The molecule has 0 aromatic carbocycles. The van der Waals surface area contributed by atoms with Crippen LogP contribution in [0.2, 0.25) is 0 Å². The molecular weight excluding hydrogens is 1150 g/mol. The Morgan fingerprint density at radius 2 is 1.09 bits per heavy atom. The maximum Gasteiger partial charge on any atom is 0.560 e. The van der Waals surface area contributed by atoms with Gasteiger partial charge in [-0.3, -0.25) is 54.0 Å². The van der Waals surface area contributed by atoms with Gasteiger partial charge in [-0.1, -0.05) is 38.7 Å². The Morgan fingerprint density at radius 3 is 1.41 bits per heavy atom. The maximum atomic E-state index is 11.2. The Labute approximate surface area is 440 Å². The van der Waals surface area contributed by atoms with E-state index in [1.54, 1.807) is 18.6 Å². The third-order valence-electron chi connectivity index (χ3n) is 5.84. The Bertz CT molecular complexity index is 1760. The number of thioether (sulfide) groups is 2. The van der Waals surface area contributed by atoms with Gasteiger partial charge >= 0.3 is 24.5 Å². The van der Waals surface area contributed by atoms with Crippen molar-refractivity contribution in [3.63, 3.8) is 0 Å². The fourth-order valence-electron chi connectivity index (χ4n) is 3.20. The molecule has 0 radical (unpaired) electrons. The van der Waals surface area contributed by atoms with Gasteiger partial charge in [0.2, 0.25) is 19.6 Å². The first-order valence-electron chi connectivity index (χ1n) is 16.9. The first kappa shape index (κ1) is 65.8. The minimum absolute atomic E-state index is 0. The number of amidine groups is 2. The number of carbonyl (C=O) groups is 10. The summed E-state index contributed by atoms with van der Waals surface area (Å²) in [7, 11) is 0. The van der Waals surface area contributed by atoms with E-state index in [1.807, 2.05) is 0 Å². The maximum absolute atomic E-state index is 11.2. The number of rotatable bonds is 10. The summed E-state index contributed by atoms with van der Waals surface area (Å²) in [5, 5.41) is 25.9. The summed E-state index contributed by atoms with van der Waals surface area (Å²) in [6.07, 6.45) is -1.08. The predicted octanol–water partition coefficient (Wildman–Crippen LogP) is 0.933. The average molecular weight is 1190 g/mol. The number of nitrogens with one attached hydrogen (secondary N) is 2. The van der Waals surface area contributed by atoms with Crippen molar-refractivity contribution in [2.24, 2.45) is 10.7 Å².